The van der Waals surface area contributed by atoms with Crippen LogP contribution in [0.2, 0.25) is 0 Å². The molecule has 2 aliphatic rings. The van der Waals surface area contributed by atoms with Crippen molar-refractivity contribution in [2.45, 2.75) is 12.0 Å². The van der Waals surface area contributed by atoms with E-state index in [2.05, 4.69) is 178 Å². The number of hydrogen-bond donors (Lipinski definition) is 0. The molecule has 0 radical (unpaired) electrons. The molecule has 2 atom stereocenters. The highest BCUT2D eigenvalue weighted by atomic mass is 32.1. The van der Waals surface area contributed by atoms with E-state index < -0.39 is 0 Å². The Hall–Kier alpha value is -7.02. The molecule has 56 heavy (non-hydrogen) atoms. The van der Waals surface area contributed by atoms with Crippen molar-refractivity contribution in [1.82, 2.24) is 18.8 Å². The predicted molar refractivity (Wildman–Crippen MR) is 233 cm³/mol. The third-order valence-corrected chi connectivity index (χ3v) is 13.7. The Morgan fingerprint density at radius 3 is 2.11 bits per heavy atom. The smallest absolute Gasteiger partial charge is 0.232 e. The number of fused-ring (bicyclic) bond motifs is 16. The molecule has 14 rings (SSSR count). The number of benzene rings is 7. The van der Waals surface area contributed by atoms with Crippen LogP contribution in [0.5, 0.6) is 0 Å². The summed E-state index contributed by atoms with van der Waals surface area (Å²) in [5, 5.41) is 8.70. The van der Waals surface area contributed by atoms with E-state index in [9.17, 15) is 0 Å². The van der Waals surface area contributed by atoms with Crippen LogP contribution < -0.4 is 4.90 Å². The van der Waals surface area contributed by atoms with Gasteiger partial charge in [-0.15, -0.1) is 11.3 Å². The topological polar surface area (TPSA) is 37.8 Å². The highest BCUT2D eigenvalue weighted by Gasteiger charge is 2.45. The fraction of sp³-hybridized carbons (Fsp3) is 0.0400. The highest BCUT2D eigenvalue weighted by molar-refractivity contribution is 7.25. The van der Waals surface area contributed by atoms with Gasteiger partial charge in [-0.05, 0) is 47.4 Å². The van der Waals surface area contributed by atoms with Crippen LogP contribution in [0.25, 0.3) is 92.2 Å². The number of rotatable bonds is 2. The van der Waals surface area contributed by atoms with Crippen LogP contribution >= 0.6 is 11.3 Å². The molecular formula is C50H29N5S. The molecule has 1 aliphatic carbocycles. The Labute approximate surface area is 324 Å². The van der Waals surface area contributed by atoms with E-state index in [4.69, 9.17) is 9.97 Å². The first kappa shape index (κ1) is 29.4. The molecule has 260 valence electrons. The zero-order chi connectivity index (χ0) is 36.2. The molecule has 0 fully saturated rings. The standard InChI is InChI=1S/C50H29N5S/c1-2-12-29(13-3-1)45-44-34-16-6-11-21-41(34)56-49(44)52-50(51-45)55-37-18-8-5-15-31(37)33-26-27-40-43(47(33)55)35-25-23-28-22-24-32-30-14-4-7-17-36(30)53-38-19-9-10-20-39(38)54(40)48(35)42(28)46(32)53/h1-27,33,47H. The van der Waals surface area contributed by atoms with E-state index in [1.807, 2.05) is 0 Å². The summed E-state index contributed by atoms with van der Waals surface area (Å²) in [4.78, 5) is 14.6. The van der Waals surface area contributed by atoms with Crippen LogP contribution in [0, 0.1) is 0 Å². The monoisotopic (exact) mass is 731 g/mol. The molecule has 0 amide bonds. The van der Waals surface area contributed by atoms with Crippen molar-refractivity contribution in [2.24, 2.45) is 0 Å². The van der Waals surface area contributed by atoms with Crippen LogP contribution in [0.15, 0.2) is 158 Å². The molecule has 0 saturated heterocycles. The normalized spacial score (nSPS) is 16.5. The molecule has 0 bridgehead atoms. The Kier molecular flexibility index (Phi) is 5.44. The van der Waals surface area contributed by atoms with Crippen molar-refractivity contribution in [2.75, 3.05) is 4.90 Å². The first-order chi connectivity index (χ1) is 27.8. The van der Waals surface area contributed by atoms with Gasteiger partial charge in [-0.25, -0.2) is 9.97 Å². The lowest BCUT2D eigenvalue weighted by Crippen LogP contribution is -2.25. The summed E-state index contributed by atoms with van der Waals surface area (Å²) in [5.41, 5.74) is 13.2. The van der Waals surface area contributed by atoms with Crippen molar-refractivity contribution in [3.63, 3.8) is 0 Å². The lowest BCUT2D eigenvalue weighted by molar-refractivity contribution is 0.660. The van der Waals surface area contributed by atoms with Crippen molar-refractivity contribution < 1.29 is 0 Å². The molecule has 6 heterocycles. The van der Waals surface area contributed by atoms with E-state index in [-0.39, 0.29) is 12.0 Å². The van der Waals surface area contributed by atoms with Crippen LogP contribution in [0.4, 0.5) is 11.6 Å². The molecule has 6 heteroatoms. The molecule has 0 N–H and O–H groups in total. The van der Waals surface area contributed by atoms with Gasteiger partial charge in [0.15, 0.2) is 0 Å². The zero-order valence-corrected chi connectivity index (χ0v) is 30.7. The number of nitrogens with zero attached hydrogens (tertiary/aromatic N) is 5. The SMILES string of the molecule is C1=CC2c3ccccc3N(c3nc(-c4ccccc4)c4c(n3)sc3ccccc34)C2c2c1n1c3ccccc3n3c4ccccc4c4ccc5ccc2c1c5c43. The third kappa shape index (κ3) is 3.52. The van der Waals surface area contributed by atoms with E-state index in [0.29, 0.717) is 0 Å². The fourth-order valence-corrected chi connectivity index (χ4v) is 11.5. The maximum Gasteiger partial charge on any atom is 0.232 e. The largest absolute Gasteiger partial charge is 0.307 e. The summed E-state index contributed by atoms with van der Waals surface area (Å²) in [7, 11) is 0. The van der Waals surface area contributed by atoms with Gasteiger partial charge in [-0.1, -0.05) is 127 Å². The lowest BCUT2D eigenvalue weighted by atomic mass is 9.84. The van der Waals surface area contributed by atoms with Gasteiger partial charge in [0.2, 0.25) is 5.95 Å². The van der Waals surface area contributed by atoms with E-state index in [0.717, 1.165) is 33.1 Å². The molecule has 0 spiro atoms. The summed E-state index contributed by atoms with van der Waals surface area (Å²) in [6, 6.07) is 55.3. The maximum atomic E-state index is 5.59. The van der Waals surface area contributed by atoms with Crippen molar-refractivity contribution in [3.8, 4) is 11.3 Å². The number of hydrogen-bond acceptors (Lipinski definition) is 4. The second-order valence-corrected chi connectivity index (χ2v) is 16.3. The summed E-state index contributed by atoms with van der Waals surface area (Å²) in [6.45, 7) is 0. The van der Waals surface area contributed by atoms with Crippen molar-refractivity contribution in [1.29, 1.82) is 0 Å². The van der Waals surface area contributed by atoms with Crippen LogP contribution in [0.3, 0.4) is 0 Å². The first-order valence-electron chi connectivity index (χ1n) is 19.3. The minimum Gasteiger partial charge on any atom is -0.307 e. The second-order valence-electron chi connectivity index (χ2n) is 15.3. The average Bonchev–Trinajstić information content (AvgIpc) is 3.97. The minimum absolute atomic E-state index is 0.0549. The van der Waals surface area contributed by atoms with Gasteiger partial charge < -0.3 is 13.7 Å². The zero-order valence-electron chi connectivity index (χ0n) is 29.9. The summed E-state index contributed by atoms with van der Waals surface area (Å²) < 4.78 is 6.29. The van der Waals surface area contributed by atoms with E-state index in [1.54, 1.807) is 11.3 Å². The van der Waals surface area contributed by atoms with Crippen LogP contribution in [-0.2, 0) is 0 Å². The molecule has 2 unspecified atom stereocenters. The molecule has 5 nitrogen and oxygen atoms in total. The molecule has 5 aromatic heterocycles. The first-order valence-corrected chi connectivity index (χ1v) is 20.1. The van der Waals surface area contributed by atoms with E-state index in [1.165, 1.54) is 81.4 Å². The number of anilines is 2. The Morgan fingerprint density at radius 2 is 1.23 bits per heavy atom. The van der Waals surface area contributed by atoms with Gasteiger partial charge in [0.1, 0.15) is 4.83 Å². The van der Waals surface area contributed by atoms with Crippen molar-refractivity contribution >= 4 is 104 Å². The van der Waals surface area contributed by atoms with Gasteiger partial charge in [0.05, 0.1) is 45.0 Å². The van der Waals surface area contributed by atoms with Gasteiger partial charge in [0.25, 0.3) is 0 Å². The molecule has 1 aliphatic heterocycles. The minimum atomic E-state index is -0.0549. The number of para-hydroxylation sites is 4. The average molecular weight is 732 g/mol. The van der Waals surface area contributed by atoms with Crippen molar-refractivity contribution in [3.05, 3.63) is 175 Å². The Bertz CT molecular complexity index is 3680. The third-order valence-electron chi connectivity index (χ3n) is 12.6. The Morgan fingerprint density at radius 1 is 0.536 bits per heavy atom. The number of thiophene rings is 1. The Balaban J connectivity index is 1.13. The maximum absolute atomic E-state index is 5.59. The summed E-state index contributed by atoms with van der Waals surface area (Å²) in [6.07, 6.45) is 4.83. The van der Waals surface area contributed by atoms with Gasteiger partial charge in [0, 0.05) is 59.7 Å². The quantitative estimate of drug-likeness (QED) is 0.178. The second kappa shape index (κ2) is 10.4. The number of aromatic nitrogens is 4. The molecule has 7 aromatic carbocycles. The highest BCUT2D eigenvalue weighted by Crippen LogP contribution is 2.58. The molecule has 12 aromatic rings. The van der Waals surface area contributed by atoms with Gasteiger partial charge in [-0.2, -0.15) is 0 Å². The van der Waals surface area contributed by atoms with Crippen LogP contribution in [-0.4, -0.2) is 18.8 Å². The van der Waals surface area contributed by atoms with Crippen LogP contribution in [0.1, 0.15) is 28.8 Å². The summed E-state index contributed by atoms with van der Waals surface area (Å²) in [5.74, 6) is 0.858. The molecule has 0 saturated carbocycles. The predicted octanol–water partition coefficient (Wildman–Crippen LogP) is 13.1. The molecular weight excluding hydrogens is 703 g/mol. The van der Waals surface area contributed by atoms with E-state index >= 15 is 0 Å². The summed E-state index contributed by atoms with van der Waals surface area (Å²) >= 11 is 1.75. The van der Waals surface area contributed by atoms with Gasteiger partial charge in [-0.3, -0.25) is 0 Å². The fourth-order valence-electron chi connectivity index (χ4n) is 10.4. The van der Waals surface area contributed by atoms with Gasteiger partial charge >= 0.3 is 0 Å². The lowest BCUT2D eigenvalue weighted by Gasteiger charge is -2.31.